The van der Waals surface area contributed by atoms with Gasteiger partial charge in [-0.15, -0.1) is 0 Å². The summed E-state index contributed by atoms with van der Waals surface area (Å²) < 4.78 is 2.43. The molecule has 0 atom stereocenters. The lowest BCUT2D eigenvalue weighted by Gasteiger charge is -2.27. The molecule has 0 aliphatic rings. The van der Waals surface area contributed by atoms with Crippen LogP contribution >= 0.6 is 0 Å². The van der Waals surface area contributed by atoms with Gasteiger partial charge >= 0.3 is 0 Å². The average Bonchev–Trinajstić information content (AvgIpc) is 3.59. The Balaban J connectivity index is 1.15. The number of fused-ring (bicyclic) bond motifs is 4. The summed E-state index contributed by atoms with van der Waals surface area (Å²) >= 11 is 0. The van der Waals surface area contributed by atoms with Gasteiger partial charge < -0.3 is 9.47 Å². The number of para-hydroxylation sites is 4. The molecule has 10 rings (SSSR count). The molecule has 0 unspecified atom stereocenters. The maximum atomic E-state index is 2.43. The SMILES string of the molecule is c1ccc(-c2cc(N(c3ccccc3)c3ccc(-c4cccc5ccccc45)cc3)ccc2-c2ccccc2-n2c3ccccc3c3ccccc32)cc1. The monoisotopic (exact) mass is 688 g/mol. The second-order valence-electron chi connectivity index (χ2n) is 13.7. The van der Waals surface area contributed by atoms with Crippen LogP contribution in [0.5, 0.6) is 0 Å². The molecule has 0 N–H and O–H groups in total. The third-order valence-corrected chi connectivity index (χ3v) is 10.6. The number of aromatic nitrogens is 1. The van der Waals surface area contributed by atoms with Gasteiger partial charge in [0.15, 0.2) is 0 Å². The van der Waals surface area contributed by atoms with Crippen LogP contribution in [0.15, 0.2) is 218 Å². The van der Waals surface area contributed by atoms with Crippen molar-refractivity contribution in [3.05, 3.63) is 218 Å². The lowest BCUT2D eigenvalue weighted by atomic mass is 9.92. The van der Waals surface area contributed by atoms with Crippen molar-refractivity contribution in [2.45, 2.75) is 0 Å². The summed E-state index contributed by atoms with van der Waals surface area (Å²) in [5, 5.41) is 5.02. The van der Waals surface area contributed by atoms with Crippen molar-refractivity contribution in [2.75, 3.05) is 4.90 Å². The number of anilines is 3. The lowest BCUT2D eigenvalue weighted by molar-refractivity contribution is 1.18. The molecule has 9 aromatic carbocycles. The van der Waals surface area contributed by atoms with Crippen molar-refractivity contribution in [3.8, 4) is 39.1 Å². The van der Waals surface area contributed by atoms with E-state index in [2.05, 4.69) is 228 Å². The van der Waals surface area contributed by atoms with Crippen LogP contribution in [0.1, 0.15) is 0 Å². The van der Waals surface area contributed by atoms with Crippen LogP contribution in [-0.2, 0) is 0 Å². The van der Waals surface area contributed by atoms with Crippen molar-refractivity contribution < 1.29 is 0 Å². The van der Waals surface area contributed by atoms with Gasteiger partial charge in [-0.25, -0.2) is 0 Å². The number of nitrogens with zero attached hydrogens (tertiary/aromatic N) is 2. The molecule has 10 aromatic rings. The largest absolute Gasteiger partial charge is 0.310 e. The Morgan fingerprint density at radius 3 is 1.56 bits per heavy atom. The highest BCUT2D eigenvalue weighted by Crippen LogP contribution is 2.44. The normalized spacial score (nSPS) is 11.3. The molecule has 54 heavy (non-hydrogen) atoms. The maximum absolute atomic E-state index is 2.43. The van der Waals surface area contributed by atoms with Crippen molar-refractivity contribution in [1.82, 2.24) is 4.57 Å². The first-order chi connectivity index (χ1) is 26.8. The molecule has 0 bridgehead atoms. The van der Waals surface area contributed by atoms with Crippen molar-refractivity contribution in [3.63, 3.8) is 0 Å². The molecule has 0 spiro atoms. The van der Waals surface area contributed by atoms with Crippen LogP contribution in [0, 0.1) is 0 Å². The predicted octanol–water partition coefficient (Wildman–Crippen LogP) is 14.4. The minimum atomic E-state index is 1.09. The van der Waals surface area contributed by atoms with E-state index in [0.29, 0.717) is 0 Å². The summed E-state index contributed by atoms with van der Waals surface area (Å²) in [6, 6.07) is 78.9. The van der Waals surface area contributed by atoms with Crippen LogP contribution in [0.3, 0.4) is 0 Å². The average molecular weight is 689 g/mol. The highest BCUT2D eigenvalue weighted by atomic mass is 15.1. The molecular formula is C52H36N2. The molecular weight excluding hydrogens is 653 g/mol. The highest BCUT2D eigenvalue weighted by Gasteiger charge is 2.20. The van der Waals surface area contributed by atoms with Gasteiger partial charge in [-0.2, -0.15) is 0 Å². The minimum absolute atomic E-state index is 1.09. The third kappa shape index (κ3) is 5.44. The Morgan fingerprint density at radius 1 is 0.296 bits per heavy atom. The topological polar surface area (TPSA) is 8.17 Å². The van der Waals surface area contributed by atoms with E-state index in [1.165, 1.54) is 66.0 Å². The van der Waals surface area contributed by atoms with E-state index >= 15 is 0 Å². The maximum Gasteiger partial charge on any atom is 0.0541 e. The Morgan fingerprint density at radius 2 is 0.815 bits per heavy atom. The van der Waals surface area contributed by atoms with Gasteiger partial charge in [-0.05, 0) is 93.2 Å². The predicted molar refractivity (Wildman–Crippen MR) is 229 cm³/mol. The molecule has 0 aliphatic heterocycles. The summed E-state index contributed by atoms with van der Waals surface area (Å²) in [4.78, 5) is 2.36. The molecule has 0 aliphatic carbocycles. The molecule has 0 amide bonds. The van der Waals surface area contributed by atoms with Gasteiger partial charge in [0.2, 0.25) is 0 Å². The van der Waals surface area contributed by atoms with Crippen LogP contribution in [0.25, 0.3) is 71.6 Å². The molecule has 2 nitrogen and oxygen atoms in total. The number of rotatable bonds is 7. The first-order valence-electron chi connectivity index (χ1n) is 18.5. The Hall–Kier alpha value is -7.16. The molecule has 254 valence electrons. The molecule has 0 saturated heterocycles. The Labute approximate surface area is 315 Å². The van der Waals surface area contributed by atoms with Gasteiger partial charge in [0.25, 0.3) is 0 Å². The summed E-state index contributed by atoms with van der Waals surface area (Å²) in [5.74, 6) is 0. The van der Waals surface area contributed by atoms with Gasteiger partial charge in [-0.1, -0.05) is 164 Å². The zero-order chi connectivity index (χ0) is 35.8. The van der Waals surface area contributed by atoms with Crippen LogP contribution < -0.4 is 4.90 Å². The van der Waals surface area contributed by atoms with Crippen LogP contribution in [0.4, 0.5) is 17.1 Å². The Bertz CT molecular complexity index is 2860. The van der Waals surface area contributed by atoms with Gasteiger partial charge in [0.1, 0.15) is 0 Å². The summed E-state index contributed by atoms with van der Waals surface area (Å²) in [6.45, 7) is 0. The molecule has 1 heterocycles. The van der Waals surface area contributed by atoms with Crippen LogP contribution in [0.2, 0.25) is 0 Å². The van der Waals surface area contributed by atoms with Crippen molar-refractivity contribution in [2.24, 2.45) is 0 Å². The van der Waals surface area contributed by atoms with Crippen LogP contribution in [-0.4, -0.2) is 4.57 Å². The second-order valence-corrected chi connectivity index (χ2v) is 13.7. The van der Waals surface area contributed by atoms with E-state index in [0.717, 1.165) is 22.7 Å². The Kier molecular flexibility index (Phi) is 7.85. The first kappa shape index (κ1) is 31.6. The van der Waals surface area contributed by atoms with Gasteiger partial charge in [0, 0.05) is 33.4 Å². The molecule has 0 fully saturated rings. The van der Waals surface area contributed by atoms with E-state index < -0.39 is 0 Å². The molecule has 2 heteroatoms. The summed E-state index contributed by atoms with van der Waals surface area (Å²) in [7, 11) is 0. The van der Waals surface area contributed by atoms with Gasteiger partial charge in [0.05, 0.1) is 16.7 Å². The quantitative estimate of drug-likeness (QED) is 0.162. The number of hydrogen-bond acceptors (Lipinski definition) is 1. The fraction of sp³-hybridized carbons (Fsp3) is 0. The van der Waals surface area contributed by atoms with Crippen molar-refractivity contribution >= 4 is 49.6 Å². The molecule has 1 aromatic heterocycles. The number of benzene rings is 9. The third-order valence-electron chi connectivity index (χ3n) is 10.6. The lowest BCUT2D eigenvalue weighted by Crippen LogP contribution is -2.10. The molecule has 0 radical (unpaired) electrons. The first-order valence-corrected chi connectivity index (χ1v) is 18.5. The van der Waals surface area contributed by atoms with Gasteiger partial charge in [-0.3, -0.25) is 0 Å². The zero-order valence-corrected chi connectivity index (χ0v) is 29.7. The van der Waals surface area contributed by atoms with E-state index in [4.69, 9.17) is 0 Å². The summed E-state index contributed by atoms with van der Waals surface area (Å²) in [5.41, 5.74) is 14.0. The smallest absolute Gasteiger partial charge is 0.0541 e. The second kappa shape index (κ2) is 13.4. The fourth-order valence-electron chi connectivity index (χ4n) is 8.13. The number of hydrogen-bond donors (Lipinski definition) is 0. The van der Waals surface area contributed by atoms with E-state index in [1.54, 1.807) is 0 Å². The van der Waals surface area contributed by atoms with E-state index in [9.17, 15) is 0 Å². The fourth-order valence-corrected chi connectivity index (χ4v) is 8.13. The van der Waals surface area contributed by atoms with E-state index in [1.807, 2.05) is 0 Å². The van der Waals surface area contributed by atoms with Crippen molar-refractivity contribution in [1.29, 1.82) is 0 Å². The summed E-state index contributed by atoms with van der Waals surface area (Å²) in [6.07, 6.45) is 0. The van der Waals surface area contributed by atoms with E-state index in [-0.39, 0.29) is 0 Å². The zero-order valence-electron chi connectivity index (χ0n) is 29.7. The molecule has 0 saturated carbocycles. The standard InChI is InChI=1S/C52H36N2/c1-3-16-38(17-4-1)49-36-42(34-35-45(49)46-23-9-12-27-50(46)54-51-28-13-10-24-47(51)48-25-11-14-29-52(48)54)53(40-20-5-2-6-21-40)41-32-30-39(31-33-41)44-26-15-19-37-18-7-8-22-43(37)44/h1-36H. The minimum Gasteiger partial charge on any atom is -0.310 e. The highest BCUT2D eigenvalue weighted by molar-refractivity contribution is 6.10.